The molecule has 1 saturated heterocycles. The molecule has 0 spiro atoms. The van der Waals surface area contributed by atoms with Crippen LogP contribution in [0.3, 0.4) is 0 Å². The molecule has 0 radical (unpaired) electrons. The molecule has 1 aliphatic heterocycles. The number of sulfonamides is 1. The summed E-state index contributed by atoms with van der Waals surface area (Å²) in [6.07, 6.45) is 1.09. The molecule has 0 bridgehead atoms. The molecule has 8 nitrogen and oxygen atoms in total. The molecule has 2 heterocycles. The van der Waals surface area contributed by atoms with Gasteiger partial charge >= 0.3 is 5.69 Å². The fraction of sp³-hybridized carbons (Fsp3) is 0.636. The number of nitrogens with zero attached hydrogens (tertiary/aromatic N) is 3. The van der Waals surface area contributed by atoms with Crippen LogP contribution in [0.1, 0.15) is 6.92 Å². The minimum absolute atomic E-state index is 0. The van der Waals surface area contributed by atoms with Gasteiger partial charge in [0.25, 0.3) is 5.56 Å². The average molecular weight is 339 g/mol. The molecular weight excluding hydrogens is 320 g/mol. The van der Waals surface area contributed by atoms with Crippen molar-refractivity contribution in [3.63, 3.8) is 0 Å². The van der Waals surface area contributed by atoms with Crippen LogP contribution in [-0.4, -0.2) is 47.5 Å². The highest BCUT2D eigenvalue weighted by Gasteiger charge is 2.31. The second-order valence-electron chi connectivity index (χ2n) is 4.97. The standard InChI is InChI=1S/C11H18N4O4S.ClH/c1-8-6-15(5-4-12-8)20(18,19)9-7-13(2)11(17)14(3)10(9)16;/h7-8,12H,4-6H2,1-3H3;1H/t8-;/m0./s1. The van der Waals surface area contributed by atoms with Crippen LogP contribution >= 0.6 is 12.4 Å². The van der Waals surface area contributed by atoms with Crippen molar-refractivity contribution in [1.29, 1.82) is 0 Å². The van der Waals surface area contributed by atoms with E-state index in [0.29, 0.717) is 19.6 Å². The van der Waals surface area contributed by atoms with Gasteiger partial charge in [-0.15, -0.1) is 12.4 Å². The van der Waals surface area contributed by atoms with Crippen molar-refractivity contribution in [3.8, 4) is 0 Å². The summed E-state index contributed by atoms with van der Waals surface area (Å²) in [6.45, 7) is 3.01. The molecule has 2 rings (SSSR count). The monoisotopic (exact) mass is 338 g/mol. The molecule has 1 N–H and O–H groups in total. The summed E-state index contributed by atoms with van der Waals surface area (Å²) in [5.41, 5.74) is -1.35. The van der Waals surface area contributed by atoms with Crippen LogP contribution < -0.4 is 16.6 Å². The van der Waals surface area contributed by atoms with E-state index in [1.54, 1.807) is 0 Å². The Morgan fingerprint density at radius 3 is 2.48 bits per heavy atom. The highest BCUT2D eigenvalue weighted by atomic mass is 35.5. The van der Waals surface area contributed by atoms with Gasteiger partial charge in [-0.25, -0.2) is 13.2 Å². The van der Waals surface area contributed by atoms with Crippen LogP contribution in [0.25, 0.3) is 0 Å². The largest absolute Gasteiger partial charge is 0.330 e. The molecule has 1 aliphatic rings. The van der Waals surface area contributed by atoms with E-state index in [0.717, 1.165) is 15.3 Å². The lowest BCUT2D eigenvalue weighted by atomic mass is 10.3. The molecule has 0 aromatic carbocycles. The highest BCUT2D eigenvalue weighted by molar-refractivity contribution is 7.89. The van der Waals surface area contributed by atoms with Crippen molar-refractivity contribution >= 4 is 22.4 Å². The molecule has 1 aromatic rings. The Morgan fingerprint density at radius 2 is 1.90 bits per heavy atom. The van der Waals surface area contributed by atoms with Gasteiger partial charge in [-0.1, -0.05) is 0 Å². The van der Waals surface area contributed by atoms with E-state index >= 15 is 0 Å². The van der Waals surface area contributed by atoms with Gasteiger partial charge in [0.1, 0.15) is 0 Å². The van der Waals surface area contributed by atoms with Gasteiger partial charge < -0.3 is 9.88 Å². The number of aryl methyl sites for hydroxylation is 1. The molecule has 1 atom stereocenters. The first-order chi connectivity index (χ1) is 9.25. The van der Waals surface area contributed by atoms with Gasteiger partial charge in [0, 0.05) is 46.0 Å². The van der Waals surface area contributed by atoms with E-state index in [2.05, 4.69) is 5.32 Å². The highest BCUT2D eigenvalue weighted by Crippen LogP contribution is 2.13. The van der Waals surface area contributed by atoms with E-state index in [1.165, 1.54) is 18.4 Å². The predicted octanol–water partition coefficient (Wildman–Crippen LogP) is -1.51. The molecule has 1 aromatic heterocycles. The lowest BCUT2D eigenvalue weighted by Crippen LogP contribution is -2.52. The molecular formula is C11H19ClN4O4S. The maximum Gasteiger partial charge on any atom is 0.330 e. The Kier molecular flexibility index (Phi) is 5.37. The maximum atomic E-state index is 12.5. The van der Waals surface area contributed by atoms with Crippen molar-refractivity contribution in [2.75, 3.05) is 19.6 Å². The van der Waals surface area contributed by atoms with Crippen LogP contribution in [0.4, 0.5) is 0 Å². The van der Waals surface area contributed by atoms with Crippen molar-refractivity contribution in [3.05, 3.63) is 27.0 Å². The number of nitrogens with one attached hydrogen (secondary N) is 1. The maximum absolute atomic E-state index is 12.5. The van der Waals surface area contributed by atoms with Gasteiger partial charge in [0.2, 0.25) is 10.0 Å². The van der Waals surface area contributed by atoms with Crippen LogP contribution in [0.2, 0.25) is 0 Å². The number of hydrogen-bond donors (Lipinski definition) is 1. The van der Waals surface area contributed by atoms with Crippen LogP contribution in [-0.2, 0) is 24.1 Å². The summed E-state index contributed by atoms with van der Waals surface area (Å²) in [4.78, 5) is 23.3. The van der Waals surface area contributed by atoms with Gasteiger partial charge in [-0.05, 0) is 6.92 Å². The molecule has 1 fully saturated rings. The van der Waals surface area contributed by atoms with Crippen LogP contribution in [0, 0.1) is 0 Å². The lowest BCUT2D eigenvalue weighted by Gasteiger charge is -2.30. The van der Waals surface area contributed by atoms with Crippen molar-refractivity contribution in [2.24, 2.45) is 14.1 Å². The number of piperazine rings is 1. The summed E-state index contributed by atoms with van der Waals surface area (Å²) >= 11 is 0. The molecule has 120 valence electrons. The van der Waals surface area contributed by atoms with Gasteiger partial charge in [0.15, 0.2) is 4.90 Å². The van der Waals surface area contributed by atoms with Crippen molar-refractivity contribution in [1.82, 2.24) is 18.8 Å². The number of halogens is 1. The first-order valence-electron chi connectivity index (χ1n) is 6.25. The van der Waals surface area contributed by atoms with E-state index in [-0.39, 0.29) is 23.3 Å². The van der Waals surface area contributed by atoms with E-state index in [9.17, 15) is 18.0 Å². The minimum atomic E-state index is -3.89. The Bertz CT molecular complexity index is 740. The fourth-order valence-corrected chi connectivity index (χ4v) is 3.88. The quantitative estimate of drug-likeness (QED) is 0.707. The zero-order valence-corrected chi connectivity index (χ0v) is 13.7. The Morgan fingerprint density at radius 1 is 1.29 bits per heavy atom. The first-order valence-corrected chi connectivity index (χ1v) is 7.69. The zero-order valence-electron chi connectivity index (χ0n) is 12.1. The lowest BCUT2D eigenvalue weighted by molar-refractivity contribution is 0.309. The molecule has 0 amide bonds. The topological polar surface area (TPSA) is 93.4 Å². The summed E-state index contributed by atoms with van der Waals surface area (Å²) in [7, 11) is -1.20. The van der Waals surface area contributed by atoms with E-state index in [4.69, 9.17) is 0 Å². The summed E-state index contributed by atoms with van der Waals surface area (Å²) in [6, 6.07) is 0.0231. The Labute approximate surface area is 128 Å². The summed E-state index contributed by atoms with van der Waals surface area (Å²) < 4.78 is 28.3. The Balaban J connectivity index is 0.00000220. The SMILES string of the molecule is C[C@H]1CN(S(=O)(=O)c2cn(C)c(=O)n(C)c2=O)CCN1.Cl. The molecule has 10 heteroatoms. The van der Waals surface area contributed by atoms with Crippen LogP contribution in [0.5, 0.6) is 0 Å². The normalized spacial score (nSPS) is 20.0. The van der Waals surface area contributed by atoms with E-state index in [1.807, 2.05) is 6.92 Å². The van der Waals surface area contributed by atoms with Gasteiger partial charge in [-0.3, -0.25) is 9.36 Å². The third-order valence-electron chi connectivity index (χ3n) is 3.36. The second-order valence-corrected chi connectivity index (χ2v) is 6.88. The fourth-order valence-electron chi connectivity index (χ4n) is 2.21. The van der Waals surface area contributed by atoms with E-state index < -0.39 is 21.3 Å². The summed E-state index contributed by atoms with van der Waals surface area (Å²) in [5, 5.41) is 3.14. The smallest absolute Gasteiger partial charge is 0.312 e. The molecule has 0 unspecified atom stereocenters. The minimum Gasteiger partial charge on any atom is -0.312 e. The second kappa shape index (κ2) is 6.30. The third kappa shape index (κ3) is 3.20. The number of aromatic nitrogens is 2. The third-order valence-corrected chi connectivity index (χ3v) is 5.21. The van der Waals surface area contributed by atoms with Crippen molar-refractivity contribution in [2.45, 2.75) is 17.9 Å². The van der Waals surface area contributed by atoms with Crippen LogP contribution in [0.15, 0.2) is 20.7 Å². The molecule has 0 saturated carbocycles. The molecule has 21 heavy (non-hydrogen) atoms. The predicted molar refractivity (Wildman–Crippen MR) is 80.4 cm³/mol. The Hall–Kier alpha value is -1.16. The van der Waals surface area contributed by atoms with Gasteiger partial charge in [0.05, 0.1) is 0 Å². The average Bonchev–Trinajstić information content (AvgIpc) is 2.40. The van der Waals surface area contributed by atoms with Crippen molar-refractivity contribution < 1.29 is 8.42 Å². The van der Waals surface area contributed by atoms with Gasteiger partial charge in [-0.2, -0.15) is 4.31 Å². The number of hydrogen-bond acceptors (Lipinski definition) is 5. The summed E-state index contributed by atoms with van der Waals surface area (Å²) in [5.74, 6) is 0. The first kappa shape index (κ1) is 17.9. The number of rotatable bonds is 2. The molecule has 0 aliphatic carbocycles. The zero-order chi connectivity index (χ0) is 15.1.